The molecule has 0 aliphatic heterocycles. The predicted octanol–water partition coefficient (Wildman–Crippen LogP) is 3.70. The van der Waals surface area contributed by atoms with Crippen LogP contribution < -0.4 is 10.6 Å². The molecule has 0 spiro atoms. The van der Waals surface area contributed by atoms with Crippen LogP contribution in [0.2, 0.25) is 0 Å². The number of rotatable bonds is 7. The third kappa shape index (κ3) is 7.06. The molecule has 1 aliphatic rings. The van der Waals surface area contributed by atoms with E-state index in [2.05, 4.69) is 10.6 Å². The Bertz CT molecular complexity index is 580. The van der Waals surface area contributed by atoms with Gasteiger partial charge in [-0.2, -0.15) is 0 Å². The van der Waals surface area contributed by atoms with Crippen molar-refractivity contribution in [2.75, 3.05) is 18.4 Å². The Kier molecular flexibility index (Phi) is 8.45. The molecule has 0 atom stereocenters. The largest absolute Gasteiger partial charge is 0.376 e. The van der Waals surface area contributed by atoms with Crippen LogP contribution in [0.1, 0.15) is 64.4 Å². The van der Waals surface area contributed by atoms with E-state index < -0.39 is 0 Å². The number of nitrogens with zero attached hydrogens (tertiary/aromatic N) is 1. The van der Waals surface area contributed by atoms with E-state index in [0.29, 0.717) is 19.1 Å². The maximum absolute atomic E-state index is 12.3. The molecular formula is C21H33N3O2. The zero-order chi connectivity index (χ0) is 18.8. The van der Waals surface area contributed by atoms with Gasteiger partial charge in [-0.25, -0.2) is 0 Å². The summed E-state index contributed by atoms with van der Waals surface area (Å²) in [6, 6.07) is 8.25. The Morgan fingerprint density at radius 3 is 2.46 bits per heavy atom. The van der Waals surface area contributed by atoms with Crippen molar-refractivity contribution in [2.45, 2.75) is 71.4 Å². The number of hydrogen-bond donors (Lipinski definition) is 2. The second-order valence-electron chi connectivity index (χ2n) is 7.20. The van der Waals surface area contributed by atoms with Gasteiger partial charge in [0.15, 0.2) is 0 Å². The van der Waals surface area contributed by atoms with Crippen molar-refractivity contribution in [1.29, 1.82) is 0 Å². The van der Waals surface area contributed by atoms with Crippen molar-refractivity contribution in [2.24, 2.45) is 0 Å². The van der Waals surface area contributed by atoms with Crippen LogP contribution in [-0.4, -0.2) is 35.8 Å². The molecule has 0 bridgehead atoms. The summed E-state index contributed by atoms with van der Waals surface area (Å²) in [5.74, 6) is 0.129. The standard InChI is InChI=1S/C21H33N3O2/c1-3-24(17(2)25)16-18-10-9-13-20(14-18)22-15-21(26)23-19-11-7-5-4-6-8-12-19/h9-10,13-14,19,22H,3-8,11-12,15-16H2,1-2H3,(H,23,26). The minimum atomic E-state index is 0.0555. The smallest absolute Gasteiger partial charge is 0.239 e. The second-order valence-corrected chi connectivity index (χ2v) is 7.20. The van der Waals surface area contributed by atoms with Crippen LogP contribution >= 0.6 is 0 Å². The van der Waals surface area contributed by atoms with Gasteiger partial charge in [-0.3, -0.25) is 9.59 Å². The number of benzene rings is 1. The fourth-order valence-corrected chi connectivity index (χ4v) is 3.51. The molecule has 0 saturated heterocycles. The van der Waals surface area contributed by atoms with Gasteiger partial charge in [-0.1, -0.05) is 44.2 Å². The molecule has 0 heterocycles. The van der Waals surface area contributed by atoms with Crippen LogP contribution in [0.15, 0.2) is 24.3 Å². The van der Waals surface area contributed by atoms with E-state index in [1.165, 1.54) is 32.1 Å². The first kappa shape index (κ1) is 20.3. The van der Waals surface area contributed by atoms with Gasteiger partial charge < -0.3 is 15.5 Å². The van der Waals surface area contributed by atoms with Gasteiger partial charge in [0, 0.05) is 31.7 Å². The Morgan fingerprint density at radius 2 is 1.81 bits per heavy atom. The Hall–Kier alpha value is -2.04. The molecule has 5 nitrogen and oxygen atoms in total. The number of carbonyl (C=O) groups is 2. The first-order valence-corrected chi connectivity index (χ1v) is 9.96. The van der Waals surface area contributed by atoms with Gasteiger partial charge in [-0.05, 0) is 37.5 Å². The van der Waals surface area contributed by atoms with E-state index in [-0.39, 0.29) is 18.4 Å². The summed E-state index contributed by atoms with van der Waals surface area (Å²) in [4.78, 5) is 25.6. The van der Waals surface area contributed by atoms with Gasteiger partial charge in [0.2, 0.25) is 11.8 Å². The molecule has 0 aromatic heterocycles. The second kappa shape index (κ2) is 10.8. The molecule has 0 radical (unpaired) electrons. The number of carbonyl (C=O) groups excluding carboxylic acids is 2. The van der Waals surface area contributed by atoms with Crippen LogP contribution in [0.4, 0.5) is 5.69 Å². The third-order valence-corrected chi connectivity index (χ3v) is 5.05. The van der Waals surface area contributed by atoms with Crippen molar-refractivity contribution in [3.8, 4) is 0 Å². The minimum absolute atomic E-state index is 0.0555. The lowest BCUT2D eigenvalue weighted by Crippen LogP contribution is -2.38. The van der Waals surface area contributed by atoms with Gasteiger partial charge in [0.1, 0.15) is 0 Å². The number of nitrogens with one attached hydrogen (secondary N) is 2. The zero-order valence-electron chi connectivity index (χ0n) is 16.2. The molecule has 5 heteroatoms. The summed E-state index contributed by atoms with van der Waals surface area (Å²) < 4.78 is 0. The highest BCUT2D eigenvalue weighted by Gasteiger charge is 2.14. The summed E-state index contributed by atoms with van der Waals surface area (Å²) in [6.45, 7) is 5.13. The monoisotopic (exact) mass is 359 g/mol. The lowest BCUT2D eigenvalue weighted by atomic mass is 9.97. The predicted molar refractivity (Wildman–Crippen MR) is 106 cm³/mol. The molecule has 0 unspecified atom stereocenters. The van der Waals surface area contributed by atoms with E-state index in [1.807, 2.05) is 31.2 Å². The minimum Gasteiger partial charge on any atom is -0.376 e. The number of anilines is 1. The molecule has 2 N–H and O–H groups in total. The first-order chi connectivity index (χ1) is 12.6. The lowest BCUT2D eigenvalue weighted by molar-refractivity contribution is -0.129. The van der Waals surface area contributed by atoms with Crippen molar-refractivity contribution in [3.05, 3.63) is 29.8 Å². The normalized spacial score (nSPS) is 15.6. The summed E-state index contributed by atoms with van der Waals surface area (Å²) in [5, 5.41) is 6.38. The van der Waals surface area contributed by atoms with Crippen LogP contribution in [0.25, 0.3) is 0 Å². The highest BCUT2D eigenvalue weighted by atomic mass is 16.2. The van der Waals surface area contributed by atoms with Crippen LogP contribution in [0.3, 0.4) is 0 Å². The molecular weight excluding hydrogens is 326 g/mol. The van der Waals surface area contributed by atoms with Crippen LogP contribution in [-0.2, 0) is 16.1 Å². The maximum Gasteiger partial charge on any atom is 0.239 e. The molecule has 1 fully saturated rings. The van der Waals surface area contributed by atoms with Crippen molar-refractivity contribution in [3.63, 3.8) is 0 Å². The van der Waals surface area contributed by atoms with Crippen molar-refractivity contribution >= 4 is 17.5 Å². The molecule has 144 valence electrons. The highest BCUT2D eigenvalue weighted by Crippen LogP contribution is 2.17. The maximum atomic E-state index is 12.3. The Morgan fingerprint density at radius 1 is 1.12 bits per heavy atom. The number of amides is 2. The van der Waals surface area contributed by atoms with Gasteiger partial charge >= 0.3 is 0 Å². The van der Waals surface area contributed by atoms with Gasteiger partial charge in [-0.15, -0.1) is 0 Å². The van der Waals surface area contributed by atoms with Crippen molar-refractivity contribution < 1.29 is 9.59 Å². The molecule has 1 saturated carbocycles. The molecule has 1 aromatic carbocycles. The van der Waals surface area contributed by atoms with Gasteiger partial charge in [0.05, 0.1) is 6.54 Å². The van der Waals surface area contributed by atoms with E-state index in [0.717, 1.165) is 24.1 Å². The van der Waals surface area contributed by atoms with Crippen LogP contribution in [0, 0.1) is 0 Å². The average Bonchev–Trinajstić information content (AvgIpc) is 2.60. The van der Waals surface area contributed by atoms with E-state index >= 15 is 0 Å². The molecule has 2 amide bonds. The molecule has 2 rings (SSSR count). The first-order valence-electron chi connectivity index (χ1n) is 9.96. The van der Waals surface area contributed by atoms with E-state index in [4.69, 9.17) is 0 Å². The SMILES string of the molecule is CCN(Cc1cccc(NCC(=O)NC2CCCCCCC2)c1)C(C)=O. The zero-order valence-corrected chi connectivity index (χ0v) is 16.2. The molecule has 1 aromatic rings. The average molecular weight is 360 g/mol. The van der Waals surface area contributed by atoms with Crippen molar-refractivity contribution in [1.82, 2.24) is 10.2 Å². The number of hydrogen-bond acceptors (Lipinski definition) is 3. The van der Waals surface area contributed by atoms with Gasteiger partial charge in [0.25, 0.3) is 0 Å². The van der Waals surface area contributed by atoms with E-state index in [1.54, 1.807) is 11.8 Å². The summed E-state index contributed by atoms with van der Waals surface area (Å²) in [6.07, 6.45) is 8.52. The summed E-state index contributed by atoms with van der Waals surface area (Å²) >= 11 is 0. The fraction of sp³-hybridized carbons (Fsp3) is 0.619. The highest BCUT2D eigenvalue weighted by molar-refractivity contribution is 5.81. The van der Waals surface area contributed by atoms with E-state index in [9.17, 15) is 9.59 Å². The quantitative estimate of drug-likeness (QED) is 0.780. The summed E-state index contributed by atoms with van der Waals surface area (Å²) in [5.41, 5.74) is 1.97. The Labute approximate surface area is 157 Å². The lowest BCUT2D eigenvalue weighted by Gasteiger charge is -2.21. The van der Waals surface area contributed by atoms with Crippen LogP contribution in [0.5, 0.6) is 0 Å². The topological polar surface area (TPSA) is 61.4 Å². The molecule has 26 heavy (non-hydrogen) atoms. The summed E-state index contributed by atoms with van der Waals surface area (Å²) in [7, 11) is 0. The fourth-order valence-electron chi connectivity index (χ4n) is 3.51. The molecule has 1 aliphatic carbocycles. The third-order valence-electron chi connectivity index (χ3n) is 5.05. The Balaban J connectivity index is 1.81.